The molecule has 0 aliphatic carbocycles. The average molecular weight is 593 g/mol. The van der Waals surface area contributed by atoms with Gasteiger partial charge in [-0.05, 0) is 59.9 Å². The number of para-hydroxylation sites is 1. The number of rotatable bonds is 7. The van der Waals surface area contributed by atoms with Crippen molar-refractivity contribution in [2.75, 3.05) is 4.90 Å². The van der Waals surface area contributed by atoms with Gasteiger partial charge in [-0.15, -0.1) is 0 Å². The highest BCUT2D eigenvalue weighted by molar-refractivity contribution is 9.10. The molecule has 5 rings (SSSR count). The normalized spacial score (nSPS) is 24.3. The number of nitrogens with zero attached hydrogens (tertiary/aromatic N) is 1. The third-order valence-corrected chi connectivity index (χ3v) is 8.46. The van der Waals surface area contributed by atoms with E-state index in [4.69, 9.17) is 0 Å². The molecule has 202 valence electrons. The first-order valence-electron chi connectivity index (χ1n) is 12.9. The van der Waals surface area contributed by atoms with Crippen molar-refractivity contribution in [2.24, 2.45) is 11.8 Å². The molecule has 2 heterocycles. The number of aromatic hydroxyl groups is 2. The minimum Gasteiger partial charge on any atom is -0.508 e. The zero-order valence-electron chi connectivity index (χ0n) is 21.5. The lowest BCUT2D eigenvalue weighted by Gasteiger charge is -2.32. The molecule has 3 aromatic carbocycles. The van der Waals surface area contributed by atoms with Crippen molar-refractivity contribution >= 4 is 39.4 Å². The summed E-state index contributed by atoms with van der Waals surface area (Å²) in [5.41, 5.74) is 1.22. The molecule has 0 radical (unpaired) electrons. The molecular weight excluding hydrogens is 564 g/mol. The van der Waals surface area contributed by atoms with Crippen molar-refractivity contribution in [1.82, 2.24) is 5.32 Å². The SMILES string of the molecule is CCc1cccc(CC)c1N1C(=O)C2C(c3cc(Br)ccc3O)NC(Cc3ccc(O)cc3)(C(=O)O)C2C1=O. The summed E-state index contributed by atoms with van der Waals surface area (Å²) in [7, 11) is 0. The number of carbonyl (C=O) groups is 3. The summed E-state index contributed by atoms with van der Waals surface area (Å²) in [6.45, 7) is 3.89. The van der Waals surface area contributed by atoms with Gasteiger partial charge in [-0.3, -0.25) is 19.7 Å². The number of hydrogen-bond acceptors (Lipinski definition) is 6. The van der Waals surface area contributed by atoms with E-state index in [0.717, 1.165) is 11.1 Å². The monoisotopic (exact) mass is 592 g/mol. The number of hydrogen-bond donors (Lipinski definition) is 4. The molecule has 9 heteroatoms. The number of amides is 2. The van der Waals surface area contributed by atoms with Gasteiger partial charge >= 0.3 is 5.97 Å². The van der Waals surface area contributed by atoms with Crippen molar-refractivity contribution in [3.63, 3.8) is 0 Å². The van der Waals surface area contributed by atoms with Gasteiger partial charge in [-0.25, -0.2) is 4.90 Å². The Morgan fingerprint density at radius 1 is 0.974 bits per heavy atom. The number of carbonyl (C=O) groups excluding carboxylic acids is 2. The number of phenols is 2. The van der Waals surface area contributed by atoms with Crippen LogP contribution in [0.2, 0.25) is 0 Å². The summed E-state index contributed by atoms with van der Waals surface area (Å²) < 4.78 is 0.637. The number of halogens is 1. The Morgan fingerprint density at radius 2 is 1.62 bits per heavy atom. The van der Waals surface area contributed by atoms with E-state index in [2.05, 4.69) is 21.2 Å². The molecule has 0 bridgehead atoms. The lowest BCUT2D eigenvalue weighted by molar-refractivity contribution is -0.148. The number of carboxylic acids is 1. The van der Waals surface area contributed by atoms with Crippen LogP contribution in [0, 0.1) is 11.8 Å². The topological polar surface area (TPSA) is 127 Å². The zero-order chi connectivity index (χ0) is 28.1. The Morgan fingerprint density at radius 3 is 2.21 bits per heavy atom. The molecule has 8 nitrogen and oxygen atoms in total. The molecule has 4 atom stereocenters. The number of nitrogens with one attached hydrogen (secondary N) is 1. The number of phenolic OH excluding ortho intramolecular Hbond substituents is 2. The molecular formula is C30H29BrN2O6. The van der Waals surface area contributed by atoms with Gasteiger partial charge in [0.25, 0.3) is 0 Å². The second kappa shape index (κ2) is 10.1. The fourth-order valence-corrected chi connectivity index (χ4v) is 6.52. The summed E-state index contributed by atoms with van der Waals surface area (Å²) >= 11 is 3.41. The van der Waals surface area contributed by atoms with Crippen molar-refractivity contribution in [1.29, 1.82) is 0 Å². The Hall–Kier alpha value is -3.69. The second-order valence-corrected chi connectivity index (χ2v) is 11.0. The molecule has 2 amide bonds. The summed E-state index contributed by atoms with van der Waals surface area (Å²) in [4.78, 5) is 42.9. The lowest BCUT2D eigenvalue weighted by Crippen LogP contribution is -2.57. The molecule has 3 aromatic rings. The molecule has 0 spiro atoms. The fraction of sp³-hybridized carbons (Fsp3) is 0.300. The first-order chi connectivity index (χ1) is 18.6. The molecule has 0 aromatic heterocycles. The highest BCUT2D eigenvalue weighted by atomic mass is 79.9. The summed E-state index contributed by atoms with van der Waals surface area (Å²) in [6, 6.07) is 15.6. The smallest absolute Gasteiger partial charge is 0.325 e. The minimum atomic E-state index is -1.85. The third-order valence-electron chi connectivity index (χ3n) is 7.97. The fourth-order valence-electron chi connectivity index (χ4n) is 6.14. The van der Waals surface area contributed by atoms with Gasteiger partial charge in [0.15, 0.2) is 0 Å². The first-order valence-corrected chi connectivity index (χ1v) is 13.7. The van der Waals surface area contributed by atoms with Gasteiger partial charge in [0, 0.05) is 22.5 Å². The lowest BCUT2D eigenvalue weighted by atomic mass is 9.76. The first kappa shape index (κ1) is 26.9. The largest absolute Gasteiger partial charge is 0.508 e. The molecule has 0 saturated carbocycles. The molecule has 2 aliphatic rings. The zero-order valence-corrected chi connectivity index (χ0v) is 23.1. The van der Waals surface area contributed by atoms with Crippen molar-refractivity contribution in [3.8, 4) is 11.5 Å². The van der Waals surface area contributed by atoms with Gasteiger partial charge in [0.2, 0.25) is 11.8 Å². The van der Waals surface area contributed by atoms with Crippen LogP contribution in [0.3, 0.4) is 0 Å². The maximum absolute atomic E-state index is 14.3. The number of benzene rings is 3. The van der Waals surface area contributed by atoms with Gasteiger partial charge in [-0.1, -0.05) is 60.1 Å². The number of aryl methyl sites for hydroxylation is 2. The Kier molecular flexibility index (Phi) is 6.99. The van der Waals surface area contributed by atoms with Gasteiger partial charge < -0.3 is 15.3 Å². The van der Waals surface area contributed by atoms with Crippen LogP contribution >= 0.6 is 15.9 Å². The quantitative estimate of drug-likeness (QED) is 0.297. The van der Waals surface area contributed by atoms with Crippen LogP contribution in [0.1, 0.15) is 42.1 Å². The van der Waals surface area contributed by atoms with E-state index >= 15 is 0 Å². The second-order valence-electron chi connectivity index (χ2n) is 10.1. The van der Waals surface area contributed by atoms with E-state index in [9.17, 15) is 29.7 Å². The standard InChI is InChI=1S/C30H29BrN2O6/c1-3-17-6-5-7-18(4-2)26(17)33-27(36)23-24(28(33)37)30(29(38)39,15-16-8-11-20(34)12-9-16)32-25(23)21-14-19(31)10-13-22(21)35/h5-14,23-25,32,34-35H,3-4,15H2,1-2H3,(H,38,39). The number of aliphatic carboxylic acids is 1. The average Bonchev–Trinajstić information content (AvgIpc) is 3.39. The van der Waals surface area contributed by atoms with Crippen LogP contribution in [0.25, 0.3) is 0 Å². The number of fused-ring (bicyclic) bond motifs is 1. The highest BCUT2D eigenvalue weighted by Gasteiger charge is 2.69. The summed E-state index contributed by atoms with van der Waals surface area (Å²) in [5.74, 6) is -4.74. The third kappa shape index (κ3) is 4.30. The Bertz CT molecular complexity index is 1450. The van der Waals surface area contributed by atoms with E-state index < -0.39 is 41.2 Å². The van der Waals surface area contributed by atoms with Crippen LogP contribution < -0.4 is 10.2 Å². The number of anilines is 1. The van der Waals surface area contributed by atoms with Crippen LogP contribution in [0.5, 0.6) is 11.5 Å². The Labute approximate surface area is 234 Å². The molecule has 2 aliphatic heterocycles. The highest BCUT2D eigenvalue weighted by Crippen LogP contribution is 2.53. The van der Waals surface area contributed by atoms with E-state index in [1.54, 1.807) is 24.3 Å². The van der Waals surface area contributed by atoms with Crippen LogP contribution in [0.4, 0.5) is 5.69 Å². The van der Waals surface area contributed by atoms with Crippen molar-refractivity contribution in [3.05, 3.63) is 87.4 Å². The van der Waals surface area contributed by atoms with Crippen molar-refractivity contribution in [2.45, 2.75) is 44.7 Å². The molecule has 39 heavy (non-hydrogen) atoms. The number of imide groups is 1. The maximum Gasteiger partial charge on any atom is 0.325 e. The van der Waals surface area contributed by atoms with E-state index in [1.807, 2.05) is 32.0 Å². The van der Waals surface area contributed by atoms with Gasteiger partial charge in [0.1, 0.15) is 17.0 Å². The molecule has 2 saturated heterocycles. The van der Waals surface area contributed by atoms with Gasteiger partial charge in [-0.2, -0.15) is 0 Å². The molecule has 4 unspecified atom stereocenters. The van der Waals surface area contributed by atoms with Gasteiger partial charge in [0.05, 0.1) is 17.5 Å². The van der Waals surface area contributed by atoms with E-state index in [1.165, 1.54) is 23.1 Å². The Balaban J connectivity index is 1.72. The van der Waals surface area contributed by atoms with Crippen LogP contribution in [0.15, 0.2) is 65.1 Å². The maximum atomic E-state index is 14.3. The minimum absolute atomic E-state index is 0.0267. The molecule has 4 N–H and O–H groups in total. The van der Waals surface area contributed by atoms with E-state index in [0.29, 0.717) is 34.1 Å². The molecule has 2 fully saturated rings. The predicted molar refractivity (Wildman–Crippen MR) is 149 cm³/mol. The summed E-state index contributed by atoms with van der Waals surface area (Å²) in [6.07, 6.45) is 1.06. The van der Waals surface area contributed by atoms with Crippen LogP contribution in [-0.4, -0.2) is 38.6 Å². The van der Waals surface area contributed by atoms with Crippen LogP contribution in [-0.2, 0) is 33.6 Å². The predicted octanol–water partition coefficient (Wildman–Crippen LogP) is 4.50. The van der Waals surface area contributed by atoms with Crippen molar-refractivity contribution < 1.29 is 29.7 Å². The number of carboxylic acid groups (broad SMARTS) is 1. The summed E-state index contributed by atoms with van der Waals surface area (Å²) in [5, 5.41) is 34.4. The van der Waals surface area contributed by atoms with E-state index in [-0.39, 0.29) is 17.9 Å².